The van der Waals surface area contributed by atoms with E-state index in [0.717, 1.165) is 11.1 Å². The monoisotopic (exact) mass is 497 g/mol. The van der Waals surface area contributed by atoms with Gasteiger partial charge in [-0.15, -0.1) is 0 Å². The van der Waals surface area contributed by atoms with Crippen LogP contribution in [-0.4, -0.2) is 70.8 Å². The Morgan fingerprint density at radius 1 is 0.917 bits per heavy atom. The molecule has 0 radical (unpaired) electrons. The molecule has 9 nitrogen and oxygen atoms in total. The summed E-state index contributed by atoms with van der Waals surface area (Å²) in [5, 5.41) is 12.3. The SMILES string of the molecule is CC(C)(C)OC(=O)NC(Cc1ccc(O)cc1)C(=O)N1CCCN(C(=O)OCc2ccccc2)CC1. The number of benzene rings is 2. The van der Waals surface area contributed by atoms with Crippen LogP contribution in [0.3, 0.4) is 0 Å². The summed E-state index contributed by atoms with van der Waals surface area (Å²) in [5.41, 5.74) is 0.977. The fourth-order valence-corrected chi connectivity index (χ4v) is 3.87. The highest BCUT2D eigenvalue weighted by atomic mass is 16.6. The third-order valence-electron chi connectivity index (χ3n) is 5.64. The molecule has 0 saturated carbocycles. The van der Waals surface area contributed by atoms with Crippen molar-refractivity contribution >= 4 is 18.1 Å². The van der Waals surface area contributed by atoms with E-state index in [4.69, 9.17) is 9.47 Å². The minimum atomic E-state index is -0.860. The zero-order valence-corrected chi connectivity index (χ0v) is 21.1. The van der Waals surface area contributed by atoms with E-state index in [9.17, 15) is 19.5 Å². The lowest BCUT2D eigenvalue weighted by atomic mass is 10.0. The van der Waals surface area contributed by atoms with Crippen LogP contribution >= 0.6 is 0 Å². The number of hydrogen-bond donors (Lipinski definition) is 2. The first-order valence-electron chi connectivity index (χ1n) is 12.1. The van der Waals surface area contributed by atoms with E-state index in [1.807, 2.05) is 30.3 Å². The van der Waals surface area contributed by atoms with Crippen LogP contribution < -0.4 is 5.32 Å². The van der Waals surface area contributed by atoms with Crippen molar-refractivity contribution in [3.05, 3.63) is 65.7 Å². The zero-order chi connectivity index (χ0) is 26.1. The van der Waals surface area contributed by atoms with Gasteiger partial charge in [-0.2, -0.15) is 0 Å². The van der Waals surface area contributed by atoms with Crippen LogP contribution in [0.1, 0.15) is 38.3 Å². The highest BCUT2D eigenvalue weighted by Gasteiger charge is 2.30. The number of ether oxygens (including phenoxy) is 2. The Bertz CT molecular complexity index is 1020. The van der Waals surface area contributed by atoms with Gasteiger partial charge < -0.3 is 29.7 Å². The van der Waals surface area contributed by atoms with Crippen molar-refractivity contribution in [2.45, 2.75) is 51.9 Å². The lowest BCUT2D eigenvalue weighted by Crippen LogP contribution is -2.51. The molecule has 2 aromatic rings. The summed E-state index contributed by atoms with van der Waals surface area (Å²) in [7, 11) is 0. The average Bonchev–Trinajstić information content (AvgIpc) is 3.09. The normalized spacial score (nSPS) is 15.0. The van der Waals surface area contributed by atoms with Gasteiger partial charge in [0, 0.05) is 32.6 Å². The van der Waals surface area contributed by atoms with E-state index in [0.29, 0.717) is 32.6 Å². The second-order valence-corrected chi connectivity index (χ2v) is 9.78. The minimum Gasteiger partial charge on any atom is -0.508 e. The fourth-order valence-electron chi connectivity index (χ4n) is 3.87. The molecular weight excluding hydrogens is 462 g/mol. The van der Waals surface area contributed by atoms with Crippen LogP contribution in [0.4, 0.5) is 9.59 Å². The Hall–Kier alpha value is -3.75. The van der Waals surface area contributed by atoms with Crippen molar-refractivity contribution in [3.8, 4) is 5.75 Å². The highest BCUT2D eigenvalue weighted by Crippen LogP contribution is 2.15. The van der Waals surface area contributed by atoms with Crippen LogP contribution in [0.15, 0.2) is 54.6 Å². The summed E-state index contributed by atoms with van der Waals surface area (Å²) in [5.74, 6) is -0.137. The Kier molecular flexibility index (Phi) is 9.16. The van der Waals surface area contributed by atoms with E-state index in [1.54, 1.807) is 42.7 Å². The molecule has 0 spiro atoms. The summed E-state index contributed by atoms with van der Waals surface area (Å²) in [6.07, 6.45) is -0.274. The van der Waals surface area contributed by atoms with Gasteiger partial charge in [0.15, 0.2) is 0 Å². The topological polar surface area (TPSA) is 108 Å². The van der Waals surface area contributed by atoms with Gasteiger partial charge in [0.25, 0.3) is 0 Å². The molecule has 0 aliphatic carbocycles. The van der Waals surface area contributed by atoms with Gasteiger partial charge in [-0.05, 0) is 50.5 Å². The summed E-state index contributed by atoms with van der Waals surface area (Å²) in [6, 6.07) is 15.1. The van der Waals surface area contributed by atoms with Crippen molar-refractivity contribution in [1.82, 2.24) is 15.1 Å². The maximum absolute atomic E-state index is 13.5. The van der Waals surface area contributed by atoms with Gasteiger partial charge in [-0.1, -0.05) is 42.5 Å². The second-order valence-electron chi connectivity index (χ2n) is 9.78. The van der Waals surface area contributed by atoms with Crippen molar-refractivity contribution in [3.63, 3.8) is 0 Å². The maximum Gasteiger partial charge on any atom is 0.410 e. The first kappa shape index (κ1) is 26.8. The van der Waals surface area contributed by atoms with Crippen molar-refractivity contribution in [2.24, 2.45) is 0 Å². The number of aromatic hydroxyl groups is 1. The molecule has 1 unspecified atom stereocenters. The summed E-state index contributed by atoms with van der Waals surface area (Å²) >= 11 is 0. The van der Waals surface area contributed by atoms with E-state index in [-0.39, 0.29) is 24.7 Å². The number of carbonyl (C=O) groups excluding carboxylic acids is 3. The molecule has 1 fully saturated rings. The molecule has 1 heterocycles. The molecule has 1 aliphatic rings. The third-order valence-corrected chi connectivity index (χ3v) is 5.64. The van der Waals surface area contributed by atoms with E-state index < -0.39 is 23.8 Å². The first-order valence-corrected chi connectivity index (χ1v) is 12.1. The van der Waals surface area contributed by atoms with Crippen LogP contribution in [0, 0.1) is 0 Å². The Morgan fingerprint density at radius 2 is 1.56 bits per heavy atom. The molecule has 3 rings (SSSR count). The number of hydrogen-bond acceptors (Lipinski definition) is 6. The quantitative estimate of drug-likeness (QED) is 0.630. The molecule has 2 N–H and O–H groups in total. The molecule has 194 valence electrons. The molecule has 0 bridgehead atoms. The number of nitrogens with one attached hydrogen (secondary N) is 1. The van der Waals surface area contributed by atoms with Gasteiger partial charge in [0.1, 0.15) is 24.0 Å². The van der Waals surface area contributed by atoms with Crippen LogP contribution in [-0.2, 0) is 27.3 Å². The van der Waals surface area contributed by atoms with Crippen LogP contribution in [0.2, 0.25) is 0 Å². The number of carbonyl (C=O) groups is 3. The van der Waals surface area contributed by atoms with Crippen LogP contribution in [0.5, 0.6) is 5.75 Å². The Balaban J connectivity index is 1.62. The molecule has 0 aromatic heterocycles. The predicted octanol–water partition coefficient (Wildman–Crippen LogP) is 3.70. The molecule has 1 aliphatic heterocycles. The third kappa shape index (κ3) is 8.48. The first-order chi connectivity index (χ1) is 17.1. The molecule has 36 heavy (non-hydrogen) atoms. The molecule has 3 amide bonds. The average molecular weight is 498 g/mol. The van der Waals surface area contributed by atoms with Gasteiger partial charge >= 0.3 is 12.2 Å². The lowest BCUT2D eigenvalue weighted by Gasteiger charge is -2.28. The van der Waals surface area contributed by atoms with E-state index >= 15 is 0 Å². The second kappa shape index (κ2) is 12.3. The summed E-state index contributed by atoms with van der Waals surface area (Å²) in [6.45, 7) is 7.02. The standard InChI is InChI=1S/C27H35N3O6/c1-27(2,3)36-25(33)28-23(18-20-10-12-22(31)13-11-20)24(32)29-14-7-15-30(17-16-29)26(34)35-19-21-8-5-4-6-9-21/h4-6,8-13,23,31H,7,14-19H2,1-3H3,(H,28,33). The Morgan fingerprint density at radius 3 is 2.22 bits per heavy atom. The highest BCUT2D eigenvalue weighted by molar-refractivity contribution is 5.86. The Labute approximate surface area is 212 Å². The predicted molar refractivity (Wildman–Crippen MR) is 134 cm³/mol. The number of phenols is 1. The largest absolute Gasteiger partial charge is 0.508 e. The molecule has 9 heteroatoms. The van der Waals surface area contributed by atoms with Gasteiger partial charge in [-0.3, -0.25) is 4.79 Å². The fraction of sp³-hybridized carbons (Fsp3) is 0.444. The number of phenolic OH excluding ortho intramolecular Hbond substituents is 1. The number of rotatable bonds is 6. The lowest BCUT2D eigenvalue weighted by molar-refractivity contribution is -0.133. The zero-order valence-electron chi connectivity index (χ0n) is 21.1. The molecule has 1 atom stereocenters. The van der Waals surface area contributed by atoms with Gasteiger partial charge in [0.2, 0.25) is 5.91 Å². The summed E-state index contributed by atoms with van der Waals surface area (Å²) in [4.78, 5) is 41.8. The number of amides is 3. The van der Waals surface area contributed by atoms with E-state index in [1.165, 1.54) is 12.1 Å². The number of nitrogens with zero attached hydrogens (tertiary/aromatic N) is 2. The molecule has 1 saturated heterocycles. The summed E-state index contributed by atoms with van der Waals surface area (Å²) < 4.78 is 10.8. The van der Waals surface area contributed by atoms with Gasteiger partial charge in [0.05, 0.1) is 0 Å². The van der Waals surface area contributed by atoms with Gasteiger partial charge in [-0.25, -0.2) is 9.59 Å². The van der Waals surface area contributed by atoms with Crippen molar-refractivity contribution in [1.29, 1.82) is 0 Å². The molecular formula is C27H35N3O6. The number of alkyl carbamates (subject to hydrolysis) is 1. The minimum absolute atomic E-state index is 0.119. The molecule has 2 aromatic carbocycles. The van der Waals surface area contributed by atoms with Crippen LogP contribution in [0.25, 0.3) is 0 Å². The van der Waals surface area contributed by atoms with Crippen molar-refractivity contribution < 1.29 is 29.0 Å². The van der Waals surface area contributed by atoms with E-state index in [2.05, 4.69) is 5.32 Å². The van der Waals surface area contributed by atoms with Crippen molar-refractivity contribution in [2.75, 3.05) is 26.2 Å². The smallest absolute Gasteiger partial charge is 0.410 e. The maximum atomic E-state index is 13.5.